The number of ether oxygens (including phenoxy) is 1. The molecule has 3 rings (SSSR count). The van der Waals surface area contributed by atoms with Crippen LogP contribution in [0.1, 0.15) is 12.3 Å². The van der Waals surface area contributed by atoms with Gasteiger partial charge in [0.05, 0.1) is 25.8 Å². The first-order chi connectivity index (χ1) is 11.8. The van der Waals surface area contributed by atoms with Crippen LogP contribution in [0.5, 0.6) is 0 Å². The van der Waals surface area contributed by atoms with E-state index in [-0.39, 0.29) is 0 Å². The molecule has 7 nitrogen and oxygen atoms in total. The maximum atomic E-state index is 8.87. The molecule has 0 saturated carbocycles. The second-order valence-electron chi connectivity index (χ2n) is 5.66. The highest BCUT2D eigenvalue weighted by molar-refractivity contribution is 7.08. The third-order valence-electron chi connectivity index (χ3n) is 3.98. The summed E-state index contributed by atoms with van der Waals surface area (Å²) >= 11 is 1.61. The van der Waals surface area contributed by atoms with Crippen LogP contribution in [-0.4, -0.2) is 65.9 Å². The van der Waals surface area contributed by atoms with Crippen molar-refractivity contribution in [3.05, 3.63) is 22.7 Å². The average molecular weight is 347 g/mol. The molecule has 128 valence electrons. The van der Waals surface area contributed by atoms with Crippen LogP contribution in [0.15, 0.2) is 21.3 Å². The van der Waals surface area contributed by atoms with Gasteiger partial charge in [-0.25, -0.2) is 0 Å². The third-order valence-corrected chi connectivity index (χ3v) is 4.67. The predicted octanol–water partition coefficient (Wildman–Crippen LogP) is 1.85. The summed E-state index contributed by atoms with van der Waals surface area (Å²) in [5.74, 6) is 1.22. The second kappa shape index (κ2) is 8.89. The molecule has 1 saturated heterocycles. The molecule has 0 amide bonds. The highest BCUT2D eigenvalue weighted by Gasteiger charge is 2.16. The van der Waals surface area contributed by atoms with Crippen molar-refractivity contribution < 1.29 is 9.26 Å². The Morgan fingerprint density at radius 3 is 2.96 bits per heavy atom. The van der Waals surface area contributed by atoms with Crippen molar-refractivity contribution in [3.63, 3.8) is 0 Å². The third kappa shape index (κ3) is 4.85. The Hall–Kier alpha value is -1.79. The molecule has 3 heterocycles. The number of hydrogen-bond donors (Lipinski definition) is 0. The molecule has 0 N–H and O–H groups in total. The van der Waals surface area contributed by atoms with Gasteiger partial charge in [0.1, 0.15) is 0 Å². The standard InChI is InChI=1S/C16H21N5O2S/c17-3-1-4-21(6-5-20-7-9-22-10-8-20)12-15-18-16(19-23-15)14-2-11-24-13-14/h2,11,13H,1,4-10,12H2. The van der Waals surface area contributed by atoms with Gasteiger partial charge < -0.3 is 9.26 Å². The van der Waals surface area contributed by atoms with E-state index in [1.54, 1.807) is 11.3 Å². The lowest BCUT2D eigenvalue weighted by molar-refractivity contribution is 0.0325. The fourth-order valence-electron chi connectivity index (χ4n) is 2.60. The molecule has 24 heavy (non-hydrogen) atoms. The summed E-state index contributed by atoms with van der Waals surface area (Å²) in [5.41, 5.74) is 0.979. The molecule has 2 aromatic heterocycles. The summed E-state index contributed by atoms with van der Waals surface area (Å²) in [5, 5.41) is 16.9. The van der Waals surface area contributed by atoms with Gasteiger partial charge in [-0.15, -0.1) is 0 Å². The summed E-state index contributed by atoms with van der Waals surface area (Å²) in [4.78, 5) is 9.05. The fourth-order valence-corrected chi connectivity index (χ4v) is 3.24. The Balaban J connectivity index is 1.56. The summed E-state index contributed by atoms with van der Waals surface area (Å²) in [6.07, 6.45) is 0.495. The van der Waals surface area contributed by atoms with Gasteiger partial charge in [-0.05, 0) is 11.4 Å². The van der Waals surface area contributed by atoms with Crippen molar-refractivity contribution >= 4 is 11.3 Å². The van der Waals surface area contributed by atoms with E-state index in [1.165, 1.54) is 0 Å². The fraction of sp³-hybridized carbons (Fsp3) is 0.562. The number of morpholine rings is 1. The van der Waals surface area contributed by atoms with E-state index in [2.05, 4.69) is 26.0 Å². The number of nitrogens with zero attached hydrogens (tertiary/aromatic N) is 5. The molecule has 0 aliphatic carbocycles. The maximum Gasteiger partial charge on any atom is 0.241 e. The monoisotopic (exact) mass is 347 g/mol. The summed E-state index contributed by atoms with van der Waals surface area (Å²) < 4.78 is 10.8. The zero-order valence-corrected chi connectivity index (χ0v) is 14.4. The van der Waals surface area contributed by atoms with Crippen molar-refractivity contribution in [2.75, 3.05) is 45.9 Å². The van der Waals surface area contributed by atoms with Crippen LogP contribution in [0.25, 0.3) is 11.4 Å². The highest BCUT2D eigenvalue weighted by atomic mass is 32.1. The van der Waals surface area contributed by atoms with Crippen LogP contribution in [0.2, 0.25) is 0 Å². The lowest BCUT2D eigenvalue weighted by atomic mass is 10.3. The molecule has 0 spiro atoms. The predicted molar refractivity (Wildman–Crippen MR) is 90.4 cm³/mol. The minimum Gasteiger partial charge on any atom is -0.379 e. The Morgan fingerprint density at radius 1 is 1.33 bits per heavy atom. The van der Waals surface area contributed by atoms with Crippen molar-refractivity contribution in [2.45, 2.75) is 13.0 Å². The Bertz CT molecular complexity index is 646. The topological polar surface area (TPSA) is 78.4 Å². The number of rotatable bonds is 8. The molecule has 0 radical (unpaired) electrons. The molecule has 0 atom stereocenters. The van der Waals surface area contributed by atoms with Crippen LogP contribution < -0.4 is 0 Å². The Morgan fingerprint density at radius 2 is 2.21 bits per heavy atom. The van der Waals surface area contributed by atoms with Gasteiger partial charge in [-0.3, -0.25) is 9.80 Å². The first kappa shape index (κ1) is 17.0. The molecule has 0 bridgehead atoms. The molecule has 8 heteroatoms. The molecular formula is C16H21N5O2S. The van der Waals surface area contributed by atoms with Gasteiger partial charge in [-0.2, -0.15) is 21.6 Å². The molecule has 1 aliphatic rings. The van der Waals surface area contributed by atoms with E-state index in [9.17, 15) is 0 Å². The number of aromatic nitrogens is 2. The van der Waals surface area contributed by atoms with Crippen molar-refractivity contribution in [3.8, 4) is 17.5 Å². The van der Waals surface area contributed by atoms with E-state index < -0.39 is 0 Å². The Labute approximate surface area is 145 Å². The summed E-state index contributed by atoms with van der Waals surface area (Å²) in [7, 11) is 0. The largest absolute Gasteiger partial charge is 0.379 e. The van der Waals surface area contributed by atoms with Crippen LogP contribution in [-0.2, 0) is 11.3 Å². The molecule has 0 unspecified atom stereocenters. The lowest BCUT2D eigenvalue weighted by Crippen LogP contribution is -2.41. The number of nitriles is 1. The smallest absolute Gasteiger partial charge is 0.241 e. The van der Waals surface area contributed by atoms with Crippen molar-refractivity contribution in [2.24, 2.45) is 0 Å². The first-order valence-electron chi connectivity index (χ1n) is 8.10. The Kier molecular flexibility index (Phi) is 6.32. The van der Waals surface area contributed by atoms with Crippen LogP contribution >= 0.6 is 11.3 Å². The molecular weight excluding hydrogens is 326 g/mol. The molecule has 2 aromatic rings. The van der Waals surface area contributed by atoms with Gasteiger partial charge in [0, 0.05) is 50.1 Å². The van der Waals surface area contributed by atoms with Gasteiger partial charge in [0.25, 0.3) is 0 Å². The van der Waals surface area contributed by atoms with E-state index in [1.807, 2.05) is 16.8 Å². The molecule has 1 fully saturated rings. The average Bonchev–Trinajstić information content (AvgIpc) is 3.29. The number of hydrogen-bond acceptors (Lipinski definition) is 8. The van der Waals surface area contributed by atoms with E-state index in [4.69, 9.17) is 14.5 Å². The van der Waals surface area contributed by atoms with Crippen LogP contribution in [0.3, 0.4) is 0 Å². The first-order valence-corrected chi connectivity index (χ1v) is 9.04. The zero-order valence-electron chi connectivity index (χ0n) is 13.6. The van der Waals surface area contributed by atoms with Gasteiger partial charge in [0.15, 0.2) is 0 Å². The van der Waals surface area contributed by atoms with Gasteiger partial charge in [0.2, 0.25) is 11.7 Å². The normalized spacial score (nSPS) is 15.7. The summed E-state index contributed by atoms with van der Waals surface area (Å²) in [6, 6.07) is 4.19. The summed E-state index contributed by atoms with van der Waals surface area (Å²) in [6.45, 7) is 6.64. The number of thiophene rings is 1. The van der Waals surface area contributed by atoms with Crippen LogP contribution in [0, 0.1) is 11.3 Å². The zero-order chi connectivity index (χ0) is 16.6. The quantitative estimate of drug-likeness (QED) is 0.721. The maximum absolute atomic E-state index is 8.87. The van der Waals surface area contributed by atoms with E-state index in [0.29, 0.717) is 31.2 Å². The van der Waals surface area contributed by atoms with Crippen molar-refractivity contribution in [1.82, 2.24) is 19.9 Å². The second-order valence-corrected chi connectivity index (χ2v) is 6.44. The van der Waals surface area contributed by atoms with Gasteiger partial charge >= 0.3 is 0 Å². The lowest BCUT2D eigenvalue weighted by Gasteiger charge is -2.29. The van der Waals surface area contributed by atoms with Crippen molar-refractivity contribution in [1.29, 1.82) is 5.26 Å². The highest BCUT2D eigenvalue weighted by Crippen LogP contribution is 2.19. The van der Waals surface area contributed by atoms with E-state index in [0.717, 1.165) is 45.0 Å². The van der Waals surface area contributed by atoms with Crippen LogP contribution in [0.4, 0.5) is 0 Å². The molecule has 1 aliphatic heterocycles. The van der Waals surface area contributed by atoms with E-state index >= 15 is 0 Å². The minimum atomic E-state index is 0.495. The SMILES string of the molecule is N#CCCN(CCN1CCOCC1)Cc1nc(-c2ccsc2)no1. The molecule has 0 aromatic carbocycles. The van der Waals surface area contributed by atoms with Gasteiger partial charge in [-0.1, -0.05) is 5.16 Å². The minimum absolute atomic E-state index is 0.495.